The molecule has 0 saturated heterocycles. The second-order valence-electron chi connectivity index (χ2n) is 4.67. The third-order valence-electron chi connectivity index (χ3n) is 3.06. The van der Waals surface area contributed by atoms with Crippen LogP contribution in [-0.4, -0.2) is 27.9 Å². The van der Waals surface area contributed by atoms with E-state index in [1.165, 1.54) is 47.8 Å². The first kappa shape index (κ1) is 15.6. The summed E-state index contributed by atoms with van der Waals surface area (Å²) in [5.74, 6) is -0.600. The molecular formula is C14H10ClFN4O2S. The maximum atomic E-state index is 13.2. The highest BCUT2D eigenvalue weighted by Gasteiger charge is 2.22. The molecule has 0 fully saturated rings. The van der Waals surface area contributed by atoms with Gasteiger partial charge in [-0.1, -0.05) is 17.7 Å². The molecule has 0 aliphatic heterocycles. The average Bonchev–Trinajstić information content (AvgIpc) is 3.02. The molecule has 6 nitrogen and oxygen atoms in total. The first-order valence-electron chi connectivity index (χ1n) is 6.43. The van der Waals surface area contributed by atoms with Crippen LogP contribution < -0.4 is 0 Å². The second kappa shape index (κ2) is 6.05. The van der Waals surface area contributed by atoms with Crippen molar-refractivity contribution >= 4 is 21.4 Å². The monoisotopic (exact) mass is 352 g/mol. The molecule has 0 atom stereocenters. The van der Waals surface area contributed by atoms with Crippen molar-refractivity contribution in [1.82, 2.24) is 19.5 Å². The van der Waals surface area contributed by atoms with Gasteiger partial charge in [0, 0.05) is 12.4 Å². The Bertz CT molecular complexity index is 944. The molecule has 0 aliphatic rings. The molecule has 3 aromatic rings. The van der Waals surface area contributed by atoms with Crippen molar-refractivity contribution in [2.24, 2.45) is 0 Å². The van der Waals surface area contributed by atoms with Crippen LogP contribution in [0.2, 0.25) is 5.02 Å². The minimum Gasteiger partial charge on any atom is -0.272 e. The lowest BCUT2D eigenvalue weighted by atomic mass is 10.2. The summed E-state index contributed by atoms with van der Waals surface area (Å²) in [6, 6.07) is 3.80. The van der Waals surface area contributed by atoms with Gasteiger partial charge in [-0.15, -0.1) is 0 Å². The molecule has 3 rings (SSSR count). The predicted octanol–water partition coefficient (Wildman–Crippen LogP) is 2.43. The molecule has 0 bridgehead atoms. The Kier molecular flexibility index (Phi) is 4.10. The highest BCUT2D eigenvalue weighted by Crippen LogP contribution is 2.22. The first-order chi connectivity index (χ1) is 11.0. The van der Waals surface area contributed by atoms with Crippen LogP contribution in [-0.2, 0) is 15.6 Å². The highest BCUT2D eigenvalue weighted by molar-refractivity contribution is 7.90. The molecule has 0 amide bonds. The normalized spacial score (nSPS) is 11.6. The van der Waals surface area contributed by atoms with E-state index in [9.17, 15) is 12.8 Å². The highest BCUT2D eigenvalue weighted by atomic mass is 35.5. The van der Waals surface area contributed by atoms with E-state index in [2.05, 4.69) is 15.0 Å². The predicted molar refractivity (Wildman–Crippen MR) is 81.5 cm³/mol. The fourth-order valence-electron chi connectivity index (χ4n) is 2.02. The lowest BCUT2D eigenvalue weighted by Crippen LogP contribution is -2.11. The third kappa shape index (κ3) is 3.22. The topological polar surface area (TPSA) is 77.7 Å². The SMILES string of the molecule is O=S(=O)(Cc1ccc(F)c(Cl)c1)c1cncn1-c1cnccn1. The van der Waals surface area contributed by atoms with E-state index in [0.717, 1.165) is 6.07 Å². The van der Waals surface area contributed by atoms with E-state index in [-0.39, 0.29) is 15.8 Å². The summed E-state index contributed by atoms with van der Waals surface area (Å²) in [4.78, 5) is 11.8. The Morgan fingerprint density at radius 3 is 2.70 bits per heavy atom. The molecule has 0 radical (unpaired) electrons. The molecule has 1 aromatic carbocycles. The molecule has 2 aromatic heterocycles. The smallest absolute Gasteiger partial charge is 0.199 e. The van der Waals surface area contributed by atoms with Crippen LogP contribution in [0.5, 0.6) is 0 Å². The summed E-state index contributed by atoms with van der Waals surface area (Å²) in [5, 5.41) is -0.154. The molecule has 0 aliphatic carbocycles. The number of nitrogens with zero attached hydrogens (tertiary/aromatic N) is 4. The van der Waals surface area contributed by atoms with E-state index < -0.39 is 15.7 Å². The minimum atomic E-state index is -3.73. The van der Waals surface area contributed by atoms with E-state index >= 15 is 0 Å². The molecule has 0 spiro atoms. The van der Waals surface area contributed by atoms with Crippen molar-refractivity contribution in [3.8, 4) is 5.82 Å². The van der Waals surface area contributed by atoms with Crippen LogP contribution in [0, 0.1) is 5.82 Å². The van der Waals surface area contributed by atoms with Gasteiger partial charge in [-0.3, -0.25) is 9.55 Å². The Morgan fingerprint density at radius 2 is 2.00 bits per heavy atom. The third-order valence-corrected chi connectivity index (χ3v) is 5.00. The quantitative estimate of drug-likeness (QED) is 0.720. The van der Waals surface area contributed by atoms with Crippen LogP contribution in [0.4, 0.5) is 4.39 Å². The van der Waals surface area contributed by atoms with Gasteiger partial charge in [0.25, 0.3) is 0 Å². The number of sulfone groups is 1. The number of halogens is 2. The summed E-state index contributed by atoms with van der Waals surface area (Å²) in [6.45, 7) is 0. The maximum absolute atomic E-state index is 13.2. The van der Waals surface area contributed by atoms with E-state index in [1.807, 2.05) is 0 Å². The van der Waals surface area contributed by atoms with E-state index in [1.54, 1.807) is 0 Å². The Balaban J connectivity index is 1.98. The zero-order valence-electron chi connectivity index (χ0n) is 11.6. The Hall–Kier alpha value is -2.32. The second-order valence-corrected chi connectivity index (χ2v) is 7.02. The molecule has 23 heavy (non-hydrogen) atoms. The van der Waals surface area contributed by atoms with Crippen LogP contribution in [0.3, 0.4) is 0 Å². The van der Waals surface area contributed by atoms with Gasteiger partial charge in [0.05, 0.1) is 23.2 Å². The van der Waals surface area contributed by atoms with Crippen molar-refractivity contribution in [2.45, 2.75) is 10.8 Å². The van der Waals surface area contributed by atoms with Crippen molar-refractivity contribution in [3.05, 3.63) is 65.7 Å². The number of benzene rings is 1. The molecule has 2 heterocycles. The van der Waals surface area contributed by atoms with Gasteiger partial charge in [-0.2, -0.15) is 0 Å². The van der Waals surface area contributed by atoms with Crippen molar-refractivity contribution in [3.63, 3.8) is 0 Å². The average molecular weight is 353 g/mol. The van der Waals surface area contributed by atoms with Crippen LogP contribution >= 0.6 is 11.6 Å². The lowest BCUT2D eigenvalue weighted by Gasteiger charge is -2.08. The zero-order valence-corrected chi connectivity index (χ0v) is 13.2. The summed E-state index contributed by atoms with van der Waals surface area (Å²) >= 11 is 5.69. The number of hydrogen-bond acceptors (Lipinski definition) is 5. The fourth-order valence-corrected chi connectivity index (χ4v) is 3.65. The summed E-state index contributed by atoms with van der Waals surface area (Å²) < 4.78 is 39.7. The summed E-state index contributed by atoms with van der Waals surface area (Å²) in [6.07, 6.45) is 6.93. The van der Waals surface area contributed by atoms with E-state index in [4.69, 9.17) is 11.6 Å². The number of hydrogen-bond donors (Lipinski definition) is 0. The largest absolute Gasteiger partial charge is 0.272 e. The first-order valence-corrected chi connectivity index (χ1v) is 8.46. The van der Waals surface area contributed by atoms with Crippen molar-refractivity contribution in [1.29, 1.82) is 0 Å². The van der Waals surface area contributed by atoms with Gasteiger partial charge >= 0.3 is 0 Å². The molecular weight excluding hydrogens is 343 g/mol. The minimum absolute atomic E-state index is 0.0292. The van der Waals surface area contributed by atoms with Gasteiger partial charge in [-0.25, -0.2) is 22.8 Å². The van der Waals surface area contributed by atoms with Crippen LogP contribution in [0.1, 0.15) is 5.56 Å². The van der Waals surface area contributed by atoms with E-state index in [0.29, 0.717) is 11.4 Å². The Morgan fingerprint density at radius 1 is 1.17 bits per heavy atom. The van der Waals surface area contributed by atoms with Crippen LogP contribution in [0.15, 0.2) is 54.3 Å². The Labute approximate surface area is 136 Å². The standard InChI is InChI=1S/C14H10ClFN4O2S/c15-11-5-10(1-2-12(11)16)8-23(21,22)14-7-18-9-20(14)13-6-17-3-4-19-13/h1-7,9H,8H2. The fraction of sp³-hybridized carbons (Fsp3) is 0.0714. The van der Waals surface area contributed by atoms with Gasteiger partial charge in [0.15, 0.2) is 20.7 Å². The number of aromatic nitrogens is 4. The lowest BCUT2D eigenvalue weighted by molar-refractivity contribution is 0.588. The zero-order chi connectivity index (χ0) is 16.4. The molecule has 0 unspecified atom stereocenters. The molecule has 0 saturated carbocycles. The van der Waals surface area contributed by atoms with Crippen molar-refractivity contribution < 1.29 is 12.8 Å². The number of imidazole rings is 1. The maximum Gasteiger partial charge on any atom is 0.199 e. The summed E-state index contributed by atoms with van der Waals surface area (Å²) in [7, 11) is -3.73. The molecule has 118 valence electrons. The molecule has 0 N–H and O–H groups in total. The van der Waals surface area contributed by atoms with Gasteiger partial charge in [0.1, 0.15) is 12.1 Å². The van der Waals surface area contributed by atoms with Gasteiger partial charge in [0.2, 0.25) is 0 Å². The van der Waals surface area contributed by atoms with Gasteiger partial charge < -0.3 is 0 Å². The van der Waals surface area contributed by atoms with Crippen molar-refractivity contribution in [2.75, 3.05) is 0 Å². The van der Waals surface area contributed by atoms with Crippen LogP contribution in [0.25, 0.3) is 5.82 Å². The number of rotatable bonds is 4. The van der Waals surface area contributed by atoms with Gasteiger partial charge in [-0.05, 0) is 17.7 Å². The summed E-state index contributed by atoms with van der Waals surface area (Å²) in [5.41, 5.74) is 0.378. The molecule has 9 heteroatoms.